The molecule has 27 heavy (non-hydrogen) atoms. The van der Waals surface area contributed by atoms with Gasteiger partial charge in [-0.1, -0.05) is 60.7 Å². The van der Waals surface area contributed by atoms with E-state index in [1.807, 2.05) is 36.4 Å². The Bertz CT molecular complexity index is 652. The van der Waals surface area contributed by atoms with E-state index in [4.69, 9.17) is 10.2 Å². The number of hydrogen-bond acceptors (Lipinski definition) is 2. The van der Waals surface area contributed by atoms with Crippen molar-refractivity contribution >= 4 is 11.9 Å². The fourth-order valence-corrected chi connectivity index (χ4v) is 3.56. The monoisotopic (exact) mass is 370 g/mol. The zero-order valence-electron chi connectivity index (χ0n) is 15.6. The van der Waals surface area contributed by atoms with Gasteiger partial charge in [0, 0.05) is 24.0 Å². The van der Waals surface area contributed by atoms with Crippen LogP contribution >= 0.6 is 0 Å². The lowest BCUT2D eigenvalue weighted by molar-refractivity contribution is -0.954. The van der Waals surface area contributed by atoms with Gasteiger partial charge in [0.15, 0.2) is 0 Å². The van der Waals surface area contributed by atoms with E-state index < -0.39 is 11.9 Å². The van der Waals surface area contributed by atoms with Gasteiger partial charge in [-0.15, -0.1) is 0 Å². The number of nitrogens with zero attached hydrogens (tertiary/aromatic N) is 1. The van der Waals surface area contributed by atoms with Crippen molar-refractivity contribution in [2.75, 3.05) is 13.1 Å². The van der Waals surface area contributed by atoms with E-state index in [0.717, 1.165) is 13.1 Å². The van der Waals surface area contributed by atoms with Crippen molar-refractivity contribution in [1.82, 2.24) is 0 Å². The Morgan fingerprint density at radius 1 is 0.667 bits per heavy atom. The molecule has 0 heterocycles. The Kier molecular flexibility index (Phi) is 8.01. The summed E-state index contributed by atoms with van der Waals surface area (Å²) in [7, 11) is 0. The van der Waals surface area contributed by atoms with Crippen LogP contribution in [0, 0.1) is 0 Å². The highest BCUT2D eigenvalue weighted by Gasteiger charge is 2.28. The molecule has 0 fully saturated rings. The summed E-state index contributed by atoms with van der Waals surface area (Å²) >= 11 is 0. The van der Waals surface area contributed by atoms with Gasteiger partial charge < -0.3 is 14.7 Å². The van der Waals surface area contributed by atoms with Gasteiger partial charge in [-0.3, -0.25) is 9.59 Å². The van der Waals surface area contributed by atoms with Crippen molar-refractivity contribution in [1.29, 1.82) is 0 Å². The average Bonchev–Trinajstić information content (AvgIpc) is 2.63. The minimum atomic E-state index is -0.793. The second kappa shape index (κ2) is 10.5. The summed E-state index contributed by atoms with van der Waals surface area (Å²) < 4.78 is 0.661. The fourth-order valence-electron chi connectivity index (χ4n) is 3.56. The third-order valence-electron chi connectivity index (χ3n) is 4.77. The Morgan fingerprint density at radius 2 is 1.04 bits per heavy atom. The van der Waals surface area contributed by atoms with E-state index >= 15 is 0 Å². The highest BCUT2D eigenvalue weighted by Crippen LogP contribution is 2.23. The van der Waals surface area contributed by atoms with Gasteiger partial charge >= 0.3 is 11.9 Å². The number of hydrogen-bond donors (Lipinski definition) is 2. The summed E-state index contributed by atoms with van der Waals surface area (Å²) in [5.41, 5.74) is 2.36. The summed E-state index contributed by atoms with van der Waals surface area (Å²) in [5.74, 6) is -1.59. The molecule has 0 atom stereocenters. The first-order valence-corrected chi connectivity index (χ1v) is 9.36. The molecule has 0 saturated heterocycles. The molecule has 0 unspecified atom stereocenters. The van der Waals surface area contributed by atoms with E-state index in [2.05, 4.69) is 24.3 Å². The van der Waals surface area contributed by atoms with Gasteiger partial charge in [0.1, 0.15) is 13.1 Å². The molecule has 0 aromatic heterocycles. The van der Waals surface area contributed by atoms with Gasteiger partial charge in [0.05, 0.1) is 25.9 Å². The average molecular weight is 370 g/mol. The summed E-state index contributed by atoms with van der Waals surface area (Å²) in [6, 6.07) is 20.3. The van der Waals surface area contributed by atoms with Crippen LogP contribution in [-0.2, 0) is 22.7 Å². The van der Waals surface area contributed by atoms with Gasteiger partial charge in [0.2, 0.25) is 0 Å². The molecule has 2 rings (SSSR count). The number of carbonyl (C=O) groups is 2. The molecule has 5 nitrogen and oxygen atoms in total. The maximum Gasteiger partial charge on any atom is 0.303 e. The maximum absolute atomic E-state index is 11.0. The predicted molar refractivity (Wildman–Crippen MR) is 104 cm³/mol. The molecule has 0 amide bonds. The van der Waals surface area contributed by atoms with Crippen molar-refractivity contribution in [2.24, 2.45) is 0 Å². The molecule has 2 aromatic carbocycles. The lowest BCUT2D eigenvalue weighted by Gasteiger charge is -2.39. The molecule has 2 aromatic rings. The zero-order chi connectivity index (χ0) is 19.5. The molecule has 0 spiro atoms. The Hall–Kier alpha value is -2.66. The molecular weight excluding hydrogens is 342 g/mol. The van der Waals surface area contributed by atoms with Crippen LogP contribution in [0.5, 0.6) is 0 Å². The smallest absolute Gasteiger partial charge is 0.303 e. The highest BCUT2D eigenvalue weighted by molar-refractivity contribution is 5.66. The SMILES string of the molecule is O=C(O)CCC[N+](CCCC(=O)O)(Cc1ccccc1)Cc1ccccc1. The van der Waals surface area contributed by atoms with Gasteiger partial charge in [-0.25, -0.2) is 0 Å². The lowest BCUT2D eigenvalue weighted by Crippen LogP contribution is -2.48. The topological polar surface area (TPSA) is 74.6 Å². The first-order chi connectivity index (χ1) is 13.0. The number of aliphatic carboxylic acids is 2. The van der Waals surface area contributed by atoms with Crippen LogP contribution in [0.4, 0.5) is 0 Å². The van der Waals surface area contributed by atoms with E-state index in [1.165, 1.54) is 11.1 Å². The second-order valence-corrected chi connectivity index (χ2v) is 7.07. The molecule has 0 bridgehead atoms. The molecule has 0 saturated carbocycles. The zero-order valence-corrected chi connectivity index (χ0v) is 15.6. The minimum Gasteiger partial charge on any atom is -0.481 e. The summed E-state index contributed by atoms with van der Waals surface area (Å²) in [4.78, 5) is 22.0. The Labute approximate surface area is 160 Å². The molecule has 0 aliphatic carbocycles. The van der Waals surface area contributed by atoms with Crippen molar-refractivity contribution < 1.29 is 24.3 Å². The first-order valence-electron chi connectivity index (χ1n) is 9.36. The van der Waals surface area contributed by atoms with Crippen LogP contribution in [0.2, 0.25) is 0 Å². The second-order valence-electron chi connectivity index (χ2n) is 7.07. The van der Waals surface area contributed by atoms with Crippen LogP contribution in [0.3, 0.4) is 0 Å². The maximum atomic E-state index is 11.0. The van der Waals surface area contributed by atoms with Crippen molar-refractivity contribution in [2.45, 2.75) is 38.8 Å². The third kappa shape index (κ3) is 7.62. The van der Waals surface area contributed by atoms with Crippen LogP contribution in [-0.4, -0.2) is 39.7 Å². The number of rotatable bonds is 12. The van der Waals surface area contributed by atoms with Gasteiger partial charge in [0.25, 0.3) is 0 Å². The van der Waals surface area contributed by atoms with E-state index in [1.54, 1.807) is 0 Å². The predicted octanol–water partition coefficient (Wildman–Crippen LogP) is 3.93. The fraction of sp³-hybridized carbons (Fsp3) is 0.364. The van der Waals surface area contributed by atoms with E-state index in [-0.39, 0.29) is 12.8 Å². The molecule has 0 aliphatic heterocycles. The van der Waals surface area contributed by atoms with Crippen molar-refractivity contribution in [3.05, 3.63) is 71.8 Å². The van der Waals surface area contributed by atoms with Crippen LogP contribution in [0.15, 0.2) is 60.7 Å². The van der Waals surface area contributed by atoms with Crippen LogP contribution in [0.1, 0.15) is 36.8 Å². The Morgan fingerprint density at radius 3 is 1.37 bits per heavy atom. The number of carboxylic acids is 2. The number of quaternary nitrogens is 1. The van der Waals surface area contributed by atoms with Gasteiger partial charge in [-0.05, 0) is 0 Å². The molecular formula is C22H28NO4+. The lowest BCUT2D eigenvalue weighted by atomic mass is 10.1. The number of benzene rings is 2. The molecule has 0 radical (unpaired) electrons. The van der Waals surface area contributed by atoms with E-state index in [0.29, 0.717) is 30.4 Å². The standard InChI is InChI=1S/C22H27NO4/c24-21(25)13-7-15-23(16-8-14-22(26)27,17-19-9-3-1-4-10-19)18-20-11-5-2-6-12-20/h1-6,9-12H,7-8,13-18H2,(H-,24,25,26,27)/p+1. The first kappa shape index (κ1) is 20.6. The third-order valence-corrected chi connectivity index (χ3v) is 4.77. The summed E-state index contributed by atoms with van der Waals surface area (Å²) in [5, 5.41) is 18.1. The van der Waals surface area contributed by atoms with Crippen LogP contribution < -0.4 is 0 Å². The van der Waals surface area contributed by atoms with E-state index in [9.17, 15) is 9.59 Å². The molecule has 2 N–H and O–H groups in total. The quantitative estimate of drug-likeness (QED) is 0.555. The van der Waals surface area contributed by atoms with Crippen molar-refractivity contribution in [3.63, 3.8) is 0 Å². The normalized spacial score (nSPS) is 11.3. The van der Waals surface area contributed by atoms with Crippen molar-refractivity contribution in [3.8, 4) is 0 Å². The minimum absolute atomic E-state index is 0.127. The largest absolute Gasteiger partial charge is 0.481 e. The summed E-state index contributed by atoms with van der Waals surface area (Å²) in [6.07, 6.45) is 1.40. The molecule has 144 valence electrons. The summed E-state index contributed by atoms with van der Waals surface area (Å²) in [6.45, 7) is 2.93. The molecule has 0 aliphatic rings. The molecule has 5 heteroatoms. The highest BCUT2D eigenvalue weighted by atomic mass is 16.4. The van der Waals surface area contributed by atoms with Gasteiger partial charge in [-0.2, -0.15) is 0 Å². The van der Waals surface area contributed by atoms with Crippen LogP contribution in [0.25, 0.3) is 0 Å². The Balaban J connectivity index is 2.25. The number of carboxylic acid groups (broad SMARTS) is 2.